The van der Waals surface area contributed by atoms with E-state index >= 15 is 0 Å². The quantitative estimate of drug-likeness (QED) is 0.186. The van der Waals surface area contributed by atoms with Crippen molar-refractivity contribution >= 4 is 82.1 Å². The number of pyridine rings is 2. The van der Waals surface area contributed by atoms with E-state index < -0.39 is 0 Å². The first-order valence-electron chi connectivity index (χ1n) is 15.9. The molecule has 6 aromatic carbocycles. The molecule has 0 aliphatic carbocycles. The van der Waals surface area contributed by atoms with Crippen molar-refractivity contribution in [2.45, 2.75) is 0 Å². The van der Waals surface area contributed by atoms with E-state index in [2.05, 4.69) is 153 Å². The van der Waals surface area contributed by atoms with Crippen LogP contribution in [0.15, 0.2) is 152 Å². The minimum atomic E-state index is 0.916. The summed E-state index contributed by atoms with van der Waals surface area (Å²) in [5.74, 6) is 0. The molecule has 0 spiro atoms. The van der Waals surface area contributed by atoms with Gasteiger partial charge in [-0.1, -0.05) is 78.9 Å². The summed E-state index contributed by atoms with van der Waals surface area (Å²) in [5.41, 5.74) is 10.8. The van der Waals surface area contributed by atoms with Gasteiger partial charge in [0.2, 0.25) is 0 Å². The van der Waals surface area contributed by atoms with E-state index in [0.29, 0.717) is 0 Å². The van der Waals surface area contributed by atoms with Crippen molar-refractivity contribution in [2.24, 2.45) is 0 Å². The molecule has 5 aromatic heterocycles. The first kappa shape index (κ1) is 24.8. The molecule has 0 saturated heterocycles. The number of aromatic nitrogens is 5. The lowest BCUT2D eigenvalue weighted by molar-refractivity contribution is 1.18. The Morgan fingerprint density at radius 3 is 1.83 bits per heavy atom. The van der Waals surface area contributed by atoms with Crippen molar-refractivity contribution in [1.82, 2.24) is 23.5 Å². The van der Waals surface area contributed by atoms with Gasteiger partial charge in [0.1, 0.15) is 11.3 Å². The molecule has 0 radical (unpaired) electrons. The smallest absolute Gasteiger partial charge is 0.149 e. The van der Waals surface area contributed by atoms with Gasteiger partial charge in [0.05, 0.1) is 38.5 Å². The Bertz CT molecular complexity index is 3060. The lowest BCUT2D eigenvalue weighted by atomic mass is 10.0. The fourth-order valence-electron chi connectivity index (χ4n) is 7.91. The van der Waals surface area contributed by atoms with Crippen LogP contribution in [-0.4, -0.2) is 23.5 Å². The zero-order valence-corrected chi connectivity index (χ0v) is 25.2. The predicted molar refractivity (Wildman–Crippen MR) is 194 cm³/mol. The summed E-state index contributed by atoms with van der Waals surface area (Å²) >= 11 is 0. The van der Waals surface area contributed by atoms with Crippen molar-refractivity contribution in [3.8, 4) is 11.4 Å². The van der Waals surface area contributed by atoms with Gasteiger partial charge in [-0.25, -0.2) is 9.97 Å². The van der Waals surface area contributed by atoms with Crippen LogP contribution in [0.25, 0.3) is 93.5 Å². The Labute approximate surface area is 268 Å². The molecule has 0 atom stereocenters. The second-order valence-electron chi connectivity index (χ2n) is 12.3. The summed E-state index contributed by atoms with van der Waals surface area (Å²) in [7, 11) is 0. The normalized spacial score (nSPS) is 12.3. The molecule has 11 rings (SSSR count). The van der Waals surface area contributed by atoms with E-state index in [9.17, 15) is 0 Å². The van der Waals surface area contributed by atoms with Gasteiger partial charge < -0.3 is 9.13 Å². The summed E-state index contributed by atoms with van der Waals surface area (Å²) in [6.45, 7) is 0. The number of benzene rings is 6. The van der Waals surface area contributed by atoms with Crippen molar-refractivity contribution in [2.75, 3.05) is 0 Å². The van der Waals surface area contributed by atoms with E-state index in [4.69, 9.17) is 9.97 Å². The number of imidazole rings is 1. The van der Waals surface area contributed by atoms with Crippen LogP contribution in [0.1, 0.15) is 0 Å². The fraction of sp³-hybridized carbons (Fsp3) is 0. The number of nitrogens with zero attached hydrogens (tertiary/aromatic N) is 5. The summed E-state index contributed by atoms with van der Waals surface area (Å²) in [6.07, 6.45) is 1.87. The van der Waals surface area contributed by atoms with Crippen LogP contribution >= 0.6 is 0 Å². The molecule has 5 heteroatoms. The molecular weight excluding hydrogens is 574 g/mol. The monoisotopic (exact) mass is 599 g/mol. The van der Waals surface area contributed by atoms with Crippen LogP contribution in [0.2, 0.25) is 0 Å². The third-order valence-corrected chi connectivity index (χ3v) is 9.82. The van der Waals surface area contributed by atoms with Gasteiger partial charge >= 0.3 is 0 Å². The van der Waals surface area contributed by atoms with Gasteiger partial charge in [0.15, 0.2) is 0 Å². The topological polar surface area (TPSA) is 40.1 Å². The van der Waals surface area contributed by atoms with Gasteiger partial charge in [0, 0.05) is 44.5 Å². The fourth-order valence-corrected chi connectivity index (χ4v) is 7.91. The molecule has 0 amide bonds. The van der Waals surface area contributed by atoms with Gasteiger partial charge in [-0.05, 0) is 72.1 Å². The molecule has 5 heterocycles. The Kier molecular flexibility index (Phi) is 4.78. The standard InChI is InChI=1S/C42H25N5/c1-3-12-26(13-4-1)45-35-19-9-7-16-28(35)32-24-38-33(25-37(32)45)30-22-21-29-31-17-11-23-43-41(31)47-36-20-10-8-18-34(36)44-42(47)39(29)40(30)46(38)27-14-5-2-6-15-27/h1-25H. The van der Waals surface area contributed by atoms with Crippen molar-refractivity contribution in [1.29, 1.82) is 0 Å². The first-order valence-corrected chi connectivity index (χ1v) is 15.9. The SMILES string of the molecule is c1ccc(-n2c3ccccc3c3cc4c(cc32)c2ccc3c5cccnc5n5c6ccccc6nc5c3c2n4-c2ccccc2)cc1. The molecule has 0 N–H and O–H groups in total. The second-order valence-corrected chi connectivity index (χ2v) is 12.3. The summed E-state index contributed by atoms with van der Waals surface area (Å²) in [5, 5.41) is 8.25. The lowest BCUT2D eigenvalue weighted by Crippen LogP contribution is -1.98. The van der Waals surface area contributed by atoms with E-state index in [1.807, 2.05) is 12.3 Å². The first-order chi connectivity index (χ1) is 23.3. The molecule has 0 aliphatic heterocycles. The highest BCUT2D eigenvalue weighted by Crippen LogP contribution is 2.44. The van der Waals surface area contributed by atoms with Gasteiger partial charge in [-0.2, -0.15) is 0 Å². The summed E-state index contributed by atoms with van der Waals surface area (Å²) in [6, 6.07) is 52.1. The lowest BCUT2D eigenvalue weighted by Gasteiger charge is -2.13. The second kappa shape index (κ2) is 9.05. The van der Waals surface area contributed by atoms with Crippen molar-refractivity contribution in [3.05, 3.63) is 152 Å². The maximum atomic E-state index is 5.29. The highest BCUT2D eigenvalue weighted by atomic mass is 15.1. The average Bonchev–Trinajstić information content (AvgIpc) is 3.79. The molecule has 11 aromatic rings. The molecule has 0 fully saturated rings. The molecule has 47 heavy (non-hydrogen) atoms. The van der Waals surface area contributed by atoms with E-state index in [-0.39, 0.29) is 0 Å². The van der Waals surface area contributed by atoms with Gasteiger partial charge in [-0.3, -0.25) is 4.40 Å². The molecule has 0 aliphatic rings. The molecule has 0 unspecified atom stereocenters. The van der Waals surface area contributed by atoms with Crippen molar-refractivity contribution < 1.29 is 0 Å². The van der Waals surface area contributed by atoms with Gasteiger partial charge in [-0.15, -0.1) is 0 Å². The number of fused-ring (bicyclic) bond motifs is 15. The van der Waals surface area contributed by atoms with Crippen LogP contribution in [0, 0.1) is 0 Å². The largest absolute Gasteiger partial charge is 0.309 e. The molecule has 0 saturated carbocycles. The van der Waals surface area contributed by atoms with Crippen LogP contribution in [0.5, 0.6) is 0 Å². The zero-order valence-electron chi connectivity index (χ0n) is 25.2. The van der Waals surface area contributed by atoms with E-state index in [1.165, 1.54) is 38.1 Å². The van der Waals surface area contributed by atoms with Crippen LogP contribution < -0.4 is 0 Å². The number of rotatable bonds is 2. The number of para-hydroxylation sites is 5. The summed E-state index contributed by atoms with van der Waals surface area (Å²) < 4.78 is 7.09. The van der Waals surface area contributed by atoms with Crippen molar-refractivity contribution in [3.63, 3.8) is 0 Å². The summed E-state index contributed by atoms with van der Waals surface area (Å²) in [4.78, 5) is 10.2. The minimum Gasteiger partial charge on any atom is -0.309 e. The third kappa shape index (κ3) is 3.22. The predicted octanol–water partition coefficient (Wildman–Crippen LogP) is 10.4. The van der Waals surface area contributed by atoms with Crippen LogP contribution in [0.3, 0.4) is 0 Å². The molecule has 0 bridgehead atoms. The van der Waals surface area contributed by atoms with Crippen LogP contribution in [0.4, 0.5) is 0 Å². The van der Waals surface area contributed by atoms with E-state index in [1.54, 1.807) is 0 Å². The van der Waals surface area contributed by atoms with E-state index in [0.717, 1.165) is 55.4 Å². The maximum absolute atomic E-state index is 5.29. The Hall–Kier alpha value is -6.46. The Morgan fingerprint density at radius 2 is 1.02 bits per heavy atom. The number of hydrogen-bond acceptors (Lipinski definition) is 2. The highest BCUT2D eigenvalue weighted by molar-refractivity contribution is 6.28. The average molecular weight is 600 g/mol. The Morgan fingerprint density at radius 1 is 0.404 bits per heavy atom. The van der Waals surface area contributed by atoms with Crippen LogP contribution in [-0.2, 0) is 0 Å². The molecule has 5 nitrogen and oxygen atoms in total. The maximum Gasteiger partial charge on any atom is 0.149 e. The highest BCUT2D eigenvalue weighted by Gasteiger charge is 2.23. The molecule has 218 valence electrons. The third-order valence-electron chi connectivity index (χ3n) is 9.82. The zero-order chi connectivity index (χ0) is 30.6. The number of hydrogen-bond donors (Lipinski definition) is 0. The Balaban J connectivity index is 1.42. The minimum absolute atomic E-state index is 0.916. The van der Waals surface area contributed by atoms with Gasteiger partial charge in [0.25, 0.3) is 0 Å². The molecular formula is C42H25N5.